The van der Waals surface area contributed by atoms with Crippen LogP contribution in [0.1, 0.15) is 174 Å². The largest absolute Gasteiger partial charge is 0.472 e. The molecule has 0 saturated heterocycles. The van der Waals surface area contributed by atoms with Gasteiger partial charge in [-0.3, -0.25) is 13.8 Å². The third kappa shape index (κ3) is 34.8. The Balaban J connectivity index is 4.27. The second-order valence-electron chi connectivity index (χ2n) is 14.3. The first-order valence-corrected chi connectivity index (χ1v) is 20.8. The minimum Gasteiger partial charge on any atom is -0.457 e. The molecule has 1 N–H and O–H groups in total. The number of phosphoric ester groups is 1. The fourth-order valence-corrected chi connectivity index (χ4v) is 6.12. The van der Waals surface area contributed by atoms with Crippen LogP contribution in [-0.2, 0) is 27.9 Å². The van der Waals surface area contributed by atoms with E-state index in [1.165, 1.54) is 122 Å². The third-order valence-corrected chi connectivity index (χ3v) is 9.40. The van der Waals surface area contributed by atoms with Gasteiger partial charge in [-0.1, -0.05) is 155 Å². The number of ether oxygens (including phenoxy) is 2. The van der Waals surface area contributed by atoms with E-state index in [1.54, 1.807) is 0 Å². The van der Waals surface area contributed by atoms with Crippen LogP contribution < -0.4 is 0 Å². The summed E-state index contributed by atoms with van der Waals surface area (Å²) in [6.07, 6.45) is 29.7. The van der Waals surface area contributed by atoms with Crippen molar-refractivity contribution in [1.29, 1.82) is 0 Å². The Hall–Kier alpha value is -0.500. The second kappa shape index (κ2) is 31.7. The number of rotatable bonds is 36. The average Bonchev–Trinajstić information content (AvgIpc) is 2.99. The molecule has 46 heavy (non-hydrogen) atoms. The first kappa shape index (κ1) is 45.5. The van der Waals surface area contributed by atoms with E-state index in [9.17, 15) is 14.3 Å². The van der Waals surface area contributed by atoms with E-state index in [1.807, 2.05) is 21.1 Å². The predicted molar refractivity (Wildman–Crippen MR) is 192 cm³/mol. The molecule has 0 spiro atoms. The molecule has 0 amide bonds. The van der Waals surface area contributed by atoms with Crippen LogP contribution in [0.2, 0.25) is 0 Å². The van der Waals surface area contributed by atoms with E-state index < -0.39 is 13.9 Å². The smallest absolute Gasteiger partial charge is 0.457 e. The molecule has 0 rings (SSSR count). The molecule has 0 aliphatic rings. The van der Waals surface area contributed by atoms with Gasteiger partial charge in [-0.25, -0.2) is 4.57 Å². The van der Waals surface area contributed by atoms with Crippen molar-refractivity contribution in [1.82, 2.24) is 0 Å². The molecule has 2 atom stereocenters. The van der Waals surface area contributed by atoms with Crippen molar-refractivity contribution in [2.75, 3.05) is 54.1 Å². The minimum atomic E-state index is -4.26. The van der Waals surface area contributed by atoms with Gasteiger partial charge in [-0.05, 0) is 12.8 Å². The number of quaternary nitrogens is 1. The maximum absolute atomic E-state index is 12.6. The maximum Gasteiger partial charge on any atom is 0.472 e. The zero-order chi connectivity index (χ0) is 34.2. The van der Waals surface area contributed by atoms with E-state index in [4.69, 9.17) is 18.5 Å². The van der Waals surface area contributed by atoms with E-state index in [0.29, 0.717) is 24.1 Å². The topological polar surface area (TPSA) is 91.3 Å². The second-order valence-corrected chi connectivity index (χ2v) is 15.8. The summed E-state index contributed by atoms with van der Waals surface area (Å²) in [5.74, 6) is -0.311. The molecule has 0 radical (unpaired) electrons. The van der Waals surface area contributed by atoms with E-state index >= 15 is 0 Å². The molecular weight excluding hydrogens is 601 g/mol. The number of carbonyl (C=O) groups excluding carboxylic acids is 1. The lowest BCUT2D eigenvalue weighted by atomic mass is 10.0. The van der Waals surface area contributed by atoms with Crippen molar-refractivity contribution in [3.63, 3.8) is 0 Å². The van der Waals surface area contributed by atoms with Gasteiger partial charge in [-0.2, -0.15) is 0 Å². The summed E-state index contributed by atoms with van der Waals surface area (Å²) in [6.45, 7) is 5.64. The Morgan fingerprint density at radius 3 is 1.43 bits per heavy atom. The zero-order valence-corrected chi connectivity index (χ0v) is 32.0. The van der Waals surface area contributed by atoms with Gasteiger partial charge in [0.15, 0.2) is 0 Å². The molecule has 8 nitrogen and oxygen atoms in total. The minimum absolute atomic E-state index is 0.0934. The van der Waals surface area contributed by atoms with Crippen LogP contribution >= 0.6 is 7.82 Å². The normalized spacial score (nSPS) is 14.0. The van der Waals surface area contributed by atoms with Gasteiger partial charge in [0.2, 0.25) is 0 Å². The number of phosphoric acid groups is 1. The number of carbonyl (C=O) groups is 1. The lowest BCUT2D eigenvalue weighted by Crippen LogP contribution is -2.37. The van der Waals surface area contributed by atoms with E-state index in [2.05, 4.69) is 13.8 Å². The Kier molecular flexibility index (Phi) is 31.4. The molecule has 0 heterocycles. The average molecular weight is 679 g/mol. The summed E-state index contributed by atoms with van der Waals surface area (Å²) < 4.78 is 34.8. The van der Waals surface area contributed by atoms with Crippen molar-refractivity contribution in [2.24, 2.45) is 0 Å². The lowest BCUT2D eigenvalue weighted by Gasteiger charge is -2.24. The number of hydrogen-bond acceptors (Lipinski definition) is 6. The molecule has 0 aliphatic carbocycles. The van der Waals surface area contributed by atoms with Crippen LogP contribution in [0.15, 0.2) is 0 Å². The van der Waals surface area contributed by atoms with Crippen molar-refractivity contribution in [3.8, 4) is 0 Å². The van der Waals surface area contributed by atoms with Gasteiger partial charge < -0.3 is 18.9 Å². The molecule has 0 fully saturated rings. The molecule has 0 bridgehead atoms. The SMILES string of the molecule is CCCCCCCCCCCCCCCC(=O)OC(COCCCCCCCCCCCCC)COP(=O)(O)OCC[N+](C)(C)C. The highest BCUT2D eigenvalue weighted by atomic mass is 31.2. The highest BCUT2D eigenvalue weighted by Crippen LogP contribution is 2.43. The van der Waals surface area contributed by atoms with Gasteiger partial charge >= 0.3 is 13.8 Å². The van der Waals surface area contributed by atoms with Gasteiger partial charge in [-0.15, -0.1) is 0 Å². The molecule has 2 unspecified atom stereocenters. The van der Waals surface area contributed by atoms with Crippen molar-refractivity contribution in [2.45, 2.75) is 180 Å². The van der Waals surface area contributed by atoms with Crippen LogP contribution in [-0.4, -0.2) is 75.6 Å². The molecule has 0 aromatic heterocycles. The van der Waals surface area contributed by atoms with E-state index in [0.717, 1.165) is 32.1 Å². The number of likely N-dealkylation sites (N-methyl/N-ethyl adjacent to an activating group) is 1. The lowest BCUT2D eigenvalue weighted by molar-refractivity contribution is -0.870. The quantitative estimate of drug-likeness (QED) is 0.0305. The molecule has 0 saturated carbocycles. The molecule has 0 aromatic rings. The number of hydrogen-bond donors (Lipinski definition) is 1. The first-order chi connectivity index (χ1) is 22.1. The molecular formula is C37H77NO7P+. The van der Waals surface area contributed by atoms with Crippen molar-refractivity contribution >= 4 is 13.8 Å². The molecule has 0 aromatic carbocycles. The summed E-state index contributed by atoms with van der Waals surface area (Å²) in [4.78, 5) is 22.7. The highest BCUT2D eigenvalue weighted by molar-refractivity contribution is 7.47. The summed E-state index contributed by atoms with van der Waals surface area (Å²) >= 11 is 0. The molecule has 9 heteroatoms. The summed E-state index contributed by atoms with van der Waals surface area (Å²) in [6, 6.07) is 0. The Morgan fingerprint density at radius 1 is 0.587 bits per heavy atom. The van der Waals surface area contributed by atoms with Gasteiger partial charge in [0.25, 0.3) is 0 Å². The van der Waals surface area contributed by atoms with Crippen LogP contribution in [0.5, 0.6) is 0 Å². The van der Waals surface area contributed by atoms with Gasteiger partial charge in [0, 0.05) is 13.0 Å². The summed E-state index contributed by atoms with van der Waals surface area (Å²) in [5, 5.41) is 0. The maximum atomic E-state index is 12.6. The van der Waals surface area contributed by atoms with Crippen LogP contribution in [0.4, 0.5) is 0 Å². The van der Waals surface area contributed by atoms with Crippen molar-refractivity contribution < 1.29 is 37.3 Å². The van der Waals surface area contributed by atoms with E-state index in [-0.39, 0.29) is 25.8 Å². The fourth-order valence-electron chi connectivity index (χ4n) is 5.38. The van der Waals surface area contributed by atoms with Gasteiger partial charge in [0.1, 0.15) is 19.3 Å². The van der Waals surface area contributed by atoms with Crippen LogP contribution in [0.25, 0.3) is 0 Å². The van der Waals surface area contributed by atoms with Crippen LogP contribution in [0, 0.1) is 0 Å². The number of esters is 1. The fraction of sp³-hybridized carbons (Fsp3) is 0.973. The third-order valence-electron chi connectivity index (χ3n) is 8.42. The summed E-state index contributed by atoms with van der Waals surface area (Å²) in [7, 11) is 1.68. The molecule has 276 valence electrons. The van der Waals surface area contributed by atoms with Gasteiger partial charge in [0.05, 0.1) is 34.4 Å². The Labute approximate surface area is 285 Å². The standard InChI is InChI=1S/C37H76NO7P/c1-6-8-10-12-14-16-18-19-20-22-24-26-28-30-37(39)45-36(35-44-46(40,41)43-33-31-38(3,4)5)34-42-32-29-27-25-23-21-17-15-13-11-9-7-2/h36H,6-35H2,1-5H3/p+1. The Morgan fingerprint density at radius 2 is 1.00 bits per heavy atom. The summed E-state index contributed by atoms with van der Waals surface area (Å²) in [5.41, 5.74) is 0. The number of nitrogens with zero attached hydrogens (tertiary/aromatic N) is 1. The monoisotopic (exact) mass is 679 g/mol. The first-order valence-electron chi connectivity index (χ1n) is 19.3. The molecule has 0 aliphatic heterocycles. The van der Waals surface area contributed by atoms with Crippen LogP contribution in [0.3, 0.4) is 0 Å². The zero-order valence-electron chi connectivity index (χ0n) is 31.1. The highest BCUT2D eigenvalue weighted by Gasteiger charge is 2.26. The van der Waals surface area contributed by atoms with Crippen molar-refractivity contribution in [3.05, 3.63) is 0 Å². The predicted octanol–water partition coefficient (Wildman–Crippen LogP) is 10.5. The number of unbranched alkanes of at least 4 members (excludes halogenated alkanes) is 22. The Bertz CT molecular complexity index is 716.